The van der Waals surface area contributed by atoms with E-state index in [0.29, 0.717) is 11.6 Å². The van der Waals surface area contributed by atoms with Crippen molar-refractivity contribution in [1.29, 1.82) is 0 Å². The normalized spacial score (nSPS) is 10.8. The number of hydrazone groups is 1. The van der Waals surface area contributed by atoms with Gasteiger partial charge in [-0.2, -0.15) is 5.10 Å². The molecular formula is C18H16N4O. The van der Waals surface area contributed by atoms with Crippen LogP contribution in [-0.4, -0.2) is 16.2 Å². The number of aromatic amines is 1. The Balaban J connectivity index is 1.83. The molecule has 3 rings (SSSR count). The van der Waals surface area contributed by atoms with Gasteiger partial charge in [0, 0.05) is 11.6 Å². The number of aryl methyl sites for hydroxylation is 1. The number of nitrogens with one attached hydrogen (secondary N) is 2. The van der Waals surface area contributed by atoms with Crippen molar-refractivity contribution >= 4 is 12.2 Å². The first-order chi connectivity index (χ1) is 11.2. The maximum atomic E-state index is 11.8. The molecule has 1 aromatic heterocycles. The van der Waals surface area contributed by atoms with Crippen LogP contribution in [0.4, 0.5) is 5.95 Å². The summed E-state index contributed by atoms with van der Waals surface area (Å²) in [5, 5.41) is 4.14. The molecule has 5 nitrogen and oxygen atoms in total. The molecule has 0 amide bonds. The second-order valence-electron chi connectivity index (χ2n) is 5.07. The quantitative estimate of drug-likeness (QED) is 0.574. The van der Waals surface area contributed by atoms with E-state index >= 15 is 0 Å². The molecule has 3 aromatic rings. The lowest BCUT2D eigenvalue weighted by Crippen LogP contribution is -2.10. The Kier molecular flexibility index (Phi) is 4.29. The van der Waals surface area contributed by atoms with E-state index in [1.54, 1.807) is 6.21 Å². The average molecular weight is 304 g/mol. The summed E-state index contributed by atoms with van der Waals surface area (Å²) in [4.78, 5) is 18.8. The summed E-state index contributed by atoms with van der Waals surface area (Å²) in [6.45, 7) is 2.01. The van der Waals surface area contributed by atoms with Crippen LogP contribution in [0.15, 0.2) is 70.6 Å². The Labute approximate surface area is 133 Å². The molecule has 2 aromatic carbocycles. The first-order valence-electron chi connectivity index (χ1n) is 7.24. The van der Waals surface area contributed by atoms with Crippen LogP contribution in [-0.2, 0) is 0 Å². The van der Waals surface area contributed by atoms with E-state index in [1.165, 1.54) is 6.07 Å². The lowest BCUT2D eigenvalue weighted by molar-refractivity contribution is 1.09. The summed E-state index contributed by atoms with van der Waals surface area (Å²) in [6.07, 6.45) is 1.70. The van der Waals surface area contributed by atoms with E-state index in [-0.39, 0.29) is 5.56 Å². The Morgan fingerprint density at radius 1 is 1.09 bits per heavy atom. The molecule has 0 bridgehead atoms. The molecule has 0 aliphatic carbocycles. The third kappa shape index (κ3) is 3.71. The number of H-pyrrole nitrogens is 1. The van der Waals surface area contributed by atoms with Gasteiger partial charge in [-0.25, -0.2) is 10.4 Å². The Bertz CT molecular complexity index is 885. The summed E-state index contributed by atoms with van der Waals surface area (Å²) in [5.41, 5.74) is 6.15. The highest BCUT2D eigenvalue weighted by atomic mass is 16.1. The zero-order chi connectivity index (χ0) is 16.1. The monoisotopic (exact) mass is 304 g/mol. The molecule has 0 saturated carbocycles. The van der Waals surface area contributed by atoms with E-state index in [9.17, 15) is 4.79 Å². The van der Waals surface area contributed by atoms with Gasteiger partial charge in [-0.1, -0.05) is 54.6 Å². The van der Waals surface area contributed by atoms with Gasteiger partial charge in [0.1, 0.15) is 0 Å². The van der Waals surface area contributed by atoms with Crippen molar-refractivity contribution in [2.45, 2.75) is 6.92 Å². The first kappa shape index (κ1) is 14.7. The molecule has 0 fully saturated rings. The standard InChI is InChI=1S/C18H16N4O/c1-13-7-5-6-10-15(13)12-19-22-18-20-16(11-17(23)21-18)14-8-3-2-4-9-14/h2-12H,1H3,(H2,20,21,22,23)/b19-12-. The maximum Gasteiger partial charge on any atom is 0.252 e. The summed E-state index contributed by atoms with van der Waals surface area (Å²) < 4.78 is 0. The van der Waals surface area contributed by atoms with E-state index < -0.39 is 0 Å². The third-order valence-corrected chi connectivity index (χ3v) is 3.37. The van der Waals surface area contributed by atoms with Gasteiger partial charge in [-0.3, -0.25) is 9.78 Å². The third-order valence-electron chi connectivity index (χ3n) is 3.37. The SMILES string of the molecule is Cc1ccccc1/C=N\Nc1nc(-c2ccccc2)cc(=O)[nH]1. The molecule has 5 heteroatoms. The first-order valence-corrected chi connectivity index (χ1v) is 7.24. The lowest BCUT2D eigenvalue weighted by atomic mass is 10.1. The minimum atomic E-state index is -0.229. The van der Waals surface area contributed by atoms with Crippen LogP contribution in [0, 0.1) is 6.92 Å². The van der Waals surface area contributed by atoms with Gasteiger partial charge < -0.3 is 0 Å². The Hall–Kier alpha value is -3.21. The van der Waals surface area contributed by atoms with Crippen molar-refractivity contribution in [2.24, 2.45) is 5.10 Å². The van der Waals surface area contributed by atoms with Crippen molar-refractivity contribution in [3.8, 4) is 11.3 Å². The minimum absolute atomic E-state index is 0.229. The number of hydrogen-bond acceptors (Lipinski definition) is 4. The van der Waals surface area contributed by atoms with E-state index in [2.05, 4.69) is 20.5 Å². The molecule has 0 radical (unpaired) electrons. The molecule has 0 aliphatic heterocycles. The predicted molar refractivity (Wildman–Crippen MR) is 92.7 cm³/mol. The van der Waals surface area contributed by atoms with Gasteiger partial charge in [0.25, 0.3) is 5.56 Å². The zero-order valence-electron chi connectivity index (χ0n) is 12.7. The van der Waals surface area contributed by atoms with E-state index in [0.717, 1.165) is 16.7 Å². The van der Waals surface area contributed by atoms with Crippen LogP contribution in [0.2, 0.25) is 0 Å². The highest BCUT2D eigenvalue weighted by molar-refractivity contribution is 5.81. The van der Waals surface area contributed by atoms with Crippen LogP contribution < -0.4 is 11.0 Å². The summed E-state index contributed by atoms with van der Waals surface area (Å²) >= 11 is 0. The van der Waals surface area contributed by atoms with Crippen molar-refractivity contribution in [2.75, 3.05) is 5.43 Å². The van der Waals surface area contributed by atoms with E-state index in [4.69, 9.17) is 0 Å². The summed E-state index contributed by atoms with van der Waals surface area (Å²) in [5.74, 6) is 0.307. The fourth-order valence-electron chi connectivity index (χ4n) is 2.16. The van der Waals surface area contributed by atoms with E-state index in [1.807, 2.05) is 61.5 Å². The molecule has 2 N–H and O–H groups in total. The van der Waals surface area contributed by atoms with Gasteiger partial charge in [0.2, 0.25) is 5.95 Å². The summed E-state index contributed by atoms with van der Waals surface area (Å²) in [7, 11) is 0. The topological polar surface area (TPSA) is 70.1 Å². The van der Waals surface area contributed by atoms with Crippen molar-refractivity contribution in [3.05, 3.63) is 82.1 Å². The van der Waals surface area contributed by atoms with Crippen molar-refractivity contribution in [3.63, 3.8) is 0 Å². The molecule has 0 saturated heterocycles. The van der Waals surface area contributed by atoms with Gasteiger partial charge in [-0.05, 0) is 18.1 Å². The number of nitrogens with zero attached hydrogens (tertiary/aromatic N) is 2. The second-order valence-corrected chi connectivity index (χ2v) is 5.07. The Morgan fingerprint density at radius 3 is 2.61 bits per heavy atom. The van der Waals surface area contributed by atoms with Gasteiger partial charge in [-0.15, -0.1) is 0 Å². The van der Waals surface area contributed by atoms with Crippen LogP contribution in [0.3, 0.4) is 0 Å². The average Bonchev–Trinajstić information content (AvgIpc) is 2.57. The zero-order valence-corrected chi connectivity index (χ0v) is 12.7. The van der Waals surface area contributed by atoms with Crippen molar-refractivity contribution in [1.82, 2.24) is 9.97 Å². The van der Waals surface area contributed by atoms with Gasteiger partial charge in [0.15, 0.2) is 0 Å². The second kappa shape index (κ2) is 6.70. The molecule has 23 heavy (non-hydrogen) atoms. The molecule has 0 aliphatic rings. The van der Waals surface area contributed by atoms with Crippen molar-refractivity contribution < 1.29 is 0 Å². The molecular weight excluding hydrogens is 288 g/mol. The predicted octanol–water partition coefficient (Wildman–Crippen LogP) is 3.19. The highest BCUT2D eigenvalue weighted by Gasteiger charge is 2.02. The number of anilines is 1. The number of hydrogen-bond donors (Lipinski definition) is 2. The number of benzene rings is 2. The van der Waals surface area contributed by atoms with Crippen LogP contribution >= 0.6 is 0 Å². The number of aromatic nitrogens is 2. The molecule has 114 valence electrons. The van der Waals surface area contributed by atoms with Crippen LogP contribution in [0.25, 0.3) is 11.3 Å². The van der Waals surface area contributed by atoms with Gasteiger partial charge >= 0.3 is 0 Å². The molecule has 0 spiro atoms. The highest BCUT2D eigenvalue weighted by Crippen LogP contribution is 2.15. The summed E-state index contributed by atoms with van der Waals surface area (Å²) in [6, 6.07) is 18.9. The largest absolute Gasteiger partial charge is 0.291 e. The lowest BCUT2D eigenvalue weighted by Gasteiger charge is -2.04. The van der Waals surface area contributed by atoms with Gasteiger partial charge in [0.05, 0.1) is 11.9 Å². The molecule has 0 atom stereocenters. The smallest absolute Gasteiger partial charge is 0.252 e. The molecule has 0 unspecified atom stereocenters. The molecule has 1 heterocycles. The minimum Gasteiger partial charge on any atom is -0.291 e. The maximum absolute atomic E-state index is 11.8. The Morgan fingerprint density at radius 2 is 1.83 bits per heavy atom. The van der Waals surface area contributed by atoms with Crippen LogP contribution in [0.5, 0.6) is 0 Å². The fourth-order valence-corrected chi connectivity index (χ4v) is 2.16. The number of rotatable bonds is 4. The fraction of sp³-hybridized carbons (Fsp3) is 0.0556. The van der Waals surface area contributed by atoms with Crippen LogP contribution in [0.1, 0.15) is 11.1 Å².